The Morgan fingerprint density at radius 1 is 1.11 bits per heavy atom. The van der Waals surface area contributed by atoms with Crippen LogP contribution >= 0.6 is 0 Å². The first kappa shape index (κ1) is 25.1. The van der Waals surface area contributed by atoms with Crippen molar-refractivity contribution in [1.29, 1.82) is 0 Å². The zero-order valence-corrected chi connectivity index (χ0v) is 21.3. The fourth-order valence-electron chi connectivity index (χ4n) is 7.65. The second-order valence-electron chi connectivity index (χ2n) is 11.9. The maximum Gasteiger partial charge on any atom is 0.311 e. The Kier molecular flexibility index (Phi) is 6.56. The monoisotopic (exact) mass is 496 g/mol. The summed E-state index contributed by atoms with van der Waals surface area (Å²) in [5.41, 5.74) is 1.47. The summed E-state index contributed by atoms with van der Waals surface area (Å²) in [6, 6.07) is 7.99. The van der Waals surface area contributed by atoms with E-state index < -0.39 is 11.3 Å². The molecule has 7 heteroatoms. The van der Waals surface area contributed by atoms with Crippen molar-refractivity contribution < 1.29 is 33.8 Å². The molecule has 0 spiro atoms. The van der Waals surface area contributed by atoms with Crippen LogP contribution in [0, 0.1) is 46.8 Å². The van der Waals surface area contributed by atoms with Gasteiger partial charge in [0.05, 0.1) is 24.4 Å². The molecule has 8 atom stereocenters. The van der Waals surface area contributed by atoms with Crippen LogP contribution < -0.4 is 0 Å². The van der Waals surface area contributed by atoms with Crippen molar-refractivity contribution in [1.82, 2.24) is 0 Å². The van der Waals surface area contributed by atoms with Crippen molar-refractivity contribution in [3.63, 3.8) is 0 Å². The summed E-state index contributed by atoms with van der Waals surface area (Å²) in [5, 5.41) is 9.05. The average Bonchev–Trinajstić information content (AvgIpc) is 3.47. The van der Waals surface area contributed by atoms with Crippen LogP contribution in [-0.4, -0.2) is 41.8 Å². The first-order chi connectivity index (χ1) is 17.1. The van der Waals surface area contributed by atoms with Gasteiger partial charge in [-0.1, -0.05) is 31.2 Å². The fraction of sp³-hybridized carbons (Fsp3) is 0.655. The molecule has 0 heterocycles. The molecule has 3 saturated carbocycles. The third-order valence-electron chi connectivity index (χ3n) is 9.42. The Hall–Kier alpha value is -2.54. The predicted octanol–water partition coefficient (Wildman–Crippen LogP) is 3.46. The number of benzene rings is 1. The van der Waals surface area contributed by atoms with Gasteiger partial charge in [0, 0.05) is 18.3 Å². The van der Waals surface area contributed by atoms with Crippen LogP contribution in [0.25, 0.3) is 0 Å². The van der Waals surface area contributed by atoms with E-state index in [1.807, 2.05) is 39.0 Å². The molecule has 1 N–H and O–H groups in total. The molecule has 8 unspecified atom stereocenters. The number of ketones is 2. The van der Waals surface area contributed by atoms with Crippen molar-refractivity contribution in [2.75, 3.05) is 13.2 Å². The maximum absolute atomic E-state index is 13.4. The Morgan fingerprint density at radius 3 is 2.53 bits per heavy atom. The molecule has 0 aliphatic heterocycles. The molecule has 0 amide bonds. The van der Waals surface area contributed by atoms with Gasteiger partial charge in [0.2, 0.25) is 0 Å². The highest BCUT2D eigenvalue weighted by atomic mass is 16.5. The summed E-state index contributed by atoms with van der Waals surface area (Å²) >= 11 is 0. The van der Waals surface area contributed by atoms with Gasteiger partial charge >= 0.3 is 11.9 Å². The highest BCUT2D eigenvalue weighted by molar-refractivity contribution is 6.08. The van der Waals surface area contributed by atoms with Crippen LogP contribution in [0.5, 0.6) is 0 Å². The number of hydrogen-bond donors (Lipinski definition) is 1. The van der Waals surface area contributed by atoms with Gasteiger partial charge in [-0.05, 0) is 67.9 Å². The molecule has 2 bridgehead atoms. The third-order valence-corrected chi connectivity index (χ3v) is 9.42. The minimum absolute atomic E-state index is 0.0293. The maximum atomic E-state index is 13.4. The lowest BCUT2D eigenvalue weighted by atomic mass is 9.62. The van der Waals surface area contributed by atoms with E-state index in [-0.39, 0.29) is 84.8 Å². The SMILES string of the molecule is CC1C(=O)CC(=O)C1C1C(CC(C)(C)C(=O)OCCO)C2CC(C(=O)OC3Cc4ccccc43)C1C2. The number of aliphatic hydroxyl groups excluding tert-OH is 1. The number of hydrogen-bond acceptors (Lipinski definition) is 7. The molecule has 4 aliphatic carbocycles. The molecule has 4 aliphatic rings. The van der Waals surface area contributed by atoms with Crippen molar-refractivity contribution in [3.8, 4) is 0 Å². The van der Waals surface area contributed by atoms with E-state index >= 15 is 0 Å². The molecule has 36 heavy (non-hydrogen) atoms. The van der Waals surface area contributed by atoms with Crippen molar-refractivity contribution >= 4 is 23.5 Å². The van der Waals surface area contributed by atoms with E-state index in [2.05, 4.69) is 6.07 Å². The van der Waals surface area contributed by atoms with Gasteiger partial charge in [0.15, 0.2) is 0 Å². The van der Waals surface area contributed by atoms with Crippen molar-refractivity contribution in [3.05, 3.63) is 35.4 Å². The molecule has 7 nitrogen and oxygen atoms in total. The van der Waals surface area contributed by atoms with Crippen LogP contribution in [0.4, 0.5) is 0 Å². The summed E-state index contributed by atoms with van der Waals surface area (Å²) in [4.78, 5) is 51.6. The number of Topliss-reactive ketones (excluding diaryl/α,β-unsaturated/α-hetero) is 2. The number of ether oxygens (including phenoxy) is 2. The Bertz CT molecular complexity index is 1080. The summed E-state index contributed by atoms with van der Waals surface area (Å²) in [5.74, 6) is -1.64. The minimum Gasteiger partial charge on any atom is -0.463 e. The second-order valence-corrected chi connectivity index (χ2v) is 11.9. The van der Waals surface area contributed by atoms with Crippen LogP contribution in [0.15, 0.2) is 24.3 Å². The lowest BCUT2D eigenvalue weighted by molar-refractivity contribution is -0.162. The van der Waals surface area contributed by atoms with Gasteiger partial charge in [-0.2, -0.15) is 0 Å². The van der Waals surface area contributed by atoms with Crippen LogP contribution in [0.1, 0.15) is 63.7 Å². The van der Waals surface area contributed by atoms with Gasteiger partial charge in [-0.25, -0.2) is 0 Å². The quantitative estimate of drug-likeness (QED) is 0.434. The van der Waals surface area contributed by atoms with Gasteiger partial charge in [0.1, 0.15) is 24.3 Å². The highest BCUT2D eigenvalue weighted by Crippen LogP contribution is 2.62. The predicted molar refractivity (Wildman–Crippen MR) is 129 cm³/mol. The van der Waals surface area contributed by atoms with E-state index in [0.717, 1.165) is 18.4 Å². The number of esters is 2. The molecule has 1 aromatic rings. The second kappa shape index (κ2) is 9.40. The van der Waals surface area contributed by atoms with Crippen molar-refractivity contribution in [2.24, 2.45) is 46.8 Å². The Morgan fingerprint density at radius 2 is 1.86 bits per heavy atom. The molecular weight excluding hydrogens is 460 g/mol. The van der Waals surface area contributed by atoms with Crippen LogP contribution in [0.3, 0.4) is 0 Å². The molecular formula is C29H36O7. The van der Waals surface area contributed by atoms with Gasteiger partial charge in [0.25, 0.3) is 0 Å². The van der Waals surface area contributed by atoms with Crippen LogP contribution in [0.2, 0.25) is 0 Å². The zero-order chi connectivity index (χ0) is 25.8. The average molecular weight is 497 g/mol. The third kappa shape index (κ3) is 4.19. The van der Waals surface area contributed by atoms with E-state index in [0.29, 0.717) is 12.8 Å². The standard InChI is InChI=1S/C29H36O7/c1-15-22(31)13-23(32)25(15)26-19-10-17(21(26)14-29(2,3)28(34)35-9-8-30)11-20(19)27(33)36-24-12-16-6-4-5-7-18(16)24/h4-7,15,17,19-21,24-26,30H,8-14H2,1-3H3. The number of carbonyl (C=O) groups is 4. The van der Waals surface area contributed by atoms with E-state index in [1.54, 1.807) is 0 Å². The largest absolute Gasteiger partial charge is 0.463 e. The summed E-state index contributed by atoms with van der Waals surface area (Å²) in [6.07, 6.45) is 2.49. The summed E-state index contributed by atoms with van der Waals surface area (Å²) < 4.78 is 11.2. The minimum atomic E-state index is -0.802. The van der Waals surface area contributed by atoms with Gasteiger partial charge in [-0.15, -0.1) is 0 Å². The number of carbonyl (C=O) groups excluding carboxylic acids is 4. The first-order valence-electron chi connectivity index (χ1n) is 13.2. The topological polar surface area (TPSA) is 107 Å². The van der Waals surface area contributed by atoms with Crippen molar-refractivity contribution in [2.45, 2.75) is 59.0 Å². The highest BCUT2D eigenvalue weighted by Gasteiger charge is 2.61. The lowest BCUT2D eigenvalue weighted by Crippen LogP contribution is -2.43. The van der Waals surface area contributed by atoms with E-state index in [4.69, 9.17) is 14.6 Å². The Balaban J connectivity index is 1.36. The molecule has 1 aromatic carbocycles. The van der Waals surface area contributed by atoms with E-state index in [1.165, 1.54) is 5.56 Å². The van der Waals surface area contributed by atoms with Gasteiger partial charge in [-0.3, -0.25) is 19.2 Å². The van der Waals surface area contributed by atoms with E-state index in [9.17, 15) is 19.2 Å². The molecule has 5 rings (SSSR count). The number of rotatable bonds is 8. The summed E-state index contributed by atoms with van der Waals surface area (Å²) in [6.45, 7) is 5.22. The fourth-order valence-corrected chi connectivity index (χ4v) is 7.65. The number of aliphatic hydroxyl groups is 1. The normalized spacial score (nSPS) is 34.9. The van der Waals surface area contributed by atoms with Gasteiger partial charge < -0.3 is 14.6 Å². The molecule has 3 fully saturated rings. The Labute approximate surface area is 211 Å². The number of fused-ring (bicyclic) bond motifs is 3. The molecule has 194 valence electrons. The molecule has 0 aromatic heterocycles. The molecule has 0 radical (unpaired) electrons. The zero-order valence-electron chi connectivity index (χ0n) is 21.3. The smallest absolute Gasteiger partial charge is 0.311 e. The molecule has 0 saturated heterocycles. The van der Waals surface area contributed by atoms with Crippen LogP contribution in [-0.2, 0) is 35.1 Å². The summed E-state index contributed by atoms with van der Waals surface area (Å²) in [7, 11) is 0. The lowest BCUT2D eigenvalue weighted by Gasteiger charge is -2.42. The first-order valence-corrected chi connectivity index (χ1v) is 13.2.